The number of carbonyl (C=O) groups is 1. The number of aryl methyl sites for hydroxylation is 3. The molecule has 3 aromatic rings. The lowest BCUT2D eigenvalue weighted by Crippen LogP contribution is -2.12. The number of amides is 1. The maximum Gasteiger partial charge on any atom is 0.225 e. The number of nitrogens with one attached hydrogen (secondary N) is 1. The molecule has 0 radical (unpaired) electrons. The zero-order valence-corrected chi connectivity index (χ0v) is 17.1. The van der Waals surface area contributed by atoms with Crippen molar-refractivity contribution in [2.45, 2.75) is 35.2 Å². The van der Waals surface area contributed by atoms with Gasteiger partial charge in [0.2, 0.25) is 11.1 Å². The Bertz CT molecular complexity index is 924. The molecule has 1 heterocycles. The van der Waals surface area contributed by atoms with Crippen LogP contribution in [0.15, 0.2) is 57.4 Å². The first-order valence-corrected chi connectivity index (χ1v) is 10.3. The van der Waals surface area contributed by atoms with Crippen molar-refractivity contribution in [3.8, 4) is 0 Å². The molecule has 3 rings (SSSR count). The molecule has 1 N–H and O–H groups in total. The molecule has 1 amide bonds. The third kappa shape index (κ3) is 5.58. The number of tetrazole rings is 1. The van der Waals surface area contributed by atoms with E-state index in [1.165, 1.54) is 27.8 Å². The monoisotopic (exact) mass is 399 g/mol. The van der Waals surface area contributed by atoms with Crippen molar-refractivity contribution in [3.05, 3.63) is 53.6 Å². The fourth-order valence-corrected chi connectivity index (χ4v) is 4.14. The molecule has 0 aliphatic heterocycles. The van der Waals surface area contributed by atoms with Gasteiger partial charge in [0, 0.05) is 34.7 Å². The second kappa shape index (κ2) is 9.05. The lowest BCUT2D eigenvalue weighted by atomic mass is 10.2. The number of thioether (sulfide) groups is 1. The van der Waals surface area contributed by atoms with Gasteiger partial charge >= 0.3 is 0 Å². The maximum atomic E-state index is 12.1. The second-order valence-corrected chi connectivity index (χ2v) is 8.30. The average molecular weight is 400 g/mol. The number of anilines is 1. The quantitative estimate of drug-likeness (QED) is 0.603. The highest BCUT2D eigenvalue weighted by molar-refractivity contribution is 7.99. The number of hydrogen-bond acceptors (Lipinski definition) is 6. The van der Waals surface area contributed by atoms with Gasteiger partial charge in [0.05, 0.1) is 0 Å². The molecule has 8 heteroatoms. The molecule has 140 valence electrons. The Labute approximate surface area is 167 Å². The average Bonchev–Trinajstić information content (AvgIpc) is 3.05. The van der Waals surface area contributed by atoms with Crippen molar-refractivity contribution >= 4 is 35.1 Å². The van der Waals surface area contributed by atoms with Crippen LogP contribution in [0.4, 0.5) is 5.69 Å². The van der Waals surface area contributed by atoms with E-state index in [1.807, 2.05) is 24.3 Å². The predicted molar refractivity (Wildman–Crippen MR) is 109 cm³/mol. The Kier molecular flexibility index (Phi) is 6.52. The first kappa shape index (κ1) is 19.4. The van der Waals surface area contributed by atoms with E-state index in [9.17, 15) is 4.79 Å². The summed E-state index contributed by atoms with van der Waals surface area (Å²) >= 11 is 3.19. The summed E-state index contributed by atoms with van der Waals surface area (Å²) in [7, 11) is 1.78. The van der Waals surface area contributed by atoms with Crippen molar-refractivity contribution in [1.29, 1.82) is 0 Å². The van der Waals surface area contributed by atoms with E-state index in [1.54, 1.807) is 23.5 Å². The summed E-state index contributed by atoms with van der Waals surface area (Å²) in [5.41, 5.74) is 3.32. The molecule has 1 aromatic heterocycles. The Morgan fingerprint density at radius 3 is 2.63 bits per heavy atom. The smallest absolute Gasteiger partial charge is 0.225 e. The van der Waals surface area contributed by atoms with Crippen LogP contribution in [0, 0.1) is 13.8 Å². The van der Waals surface area contributed by atoms with Crippen molar-refractivity contribution in [2.75, 3.05) is 11.1 Å². The van der Waals surface area contributed by atoms with Crippen LogP contribution in [0.2, 0.25) is 0 Å². The topological polar surface area (TPSA) is 72.7 Å². The molecule has 0 aliphatic carbocycles. The standard InChI is InChI=1S/C19H21N5OS2/c1-13-4-5-14(2)17(12-13)27-16-8-6-15(7-9-16)20-18(25)10-11-26-19-21-22-23-24(19)3/h4-9,12H,10-11H2,1-3H3,(H,20,25). The van der Waals surface area contributed by atoms with E-state index in [4.69, 9.17) is 0 Å². The van der Waals surface area contributed by atoms with E-state index in [0.29, 0.717) is 17.3 Å². The van der Waals surface area contributed by atoms with Crippen LogP contribution in [0.5, 0.6) is 0 Å². The van der Waals surface area contributed by atoms with Crippen LogP contribution in [0.3, 0.4) is 0 Å². The van der Waals surface area contributed by atoms with Crippen molar-refractivity contribution < 1.29 is 4.79 Å². The number of benzene rings is 2. The molecule has 0 unspecified atom stereocenters. The molecule has 0 fully saturated rings. The Hall–Kier alpha value is -2.32. The molecule has 2 aromatic carbocycles. The zero-order chi connectivity index (χ0) is 19.2. The van der Waals surface area contributed by atoms with Crippen LogP contribution >= 0.6 is 23.5 Å². The van der Waals surface area contributed by atoms with Gasteiger partial charge in [0.1, 0.15) is 0 Å². The number of rotatable bonds is 7. The van der Waals surface area contributed by atoms with Crippen molar-refractivity contribution in [2.24, 2.45) is 7.05 Å². The minimum absolute atomic E-state index is 0.0208. The number of aromatic nitrogens is 4. The van der Waals surface area contributed by atoms with Gasteiger partial charge in [0.15, 0.2) is 0 Å². The van der Waals surface area contributed by atoms with Gasteiger partial charge in [-0.05, 0) is 65.7 Å². The number of hydrogen-bond donors (Lipinski definition) is 1. The zero-order valence-electron chi connectivity index (χ0n) is 15.5. The van der Waals surface area contributed by atoms with Gasteiger partial charge in [0.25, 0.3) is 0 Å². The minimum Gasteiger partial charge on any atom is -0.326 e. The first-order chi connectivity index (χ1) is 13.0. The highest BCUT2D eigenvalue weighted by atomic mass is 32.2. The molecule has 6 nitrogen and oxygen atoms in total. The summed E-state index contributed by atoms with van der Waals surface area (Å²) in [5.74, 6) is 0.605. The van der Waals surface area contributed by atoms with Gasteiger partial charge in [-0.25, -0.2) is 4.68 Å². The SMILES string of the molecule is Cc1ccc(C)c(Sc2ccc(NC(=O)CCSc3nnnn3C)cc2)c1. The Morgan fingerprint density at radius 1 is 1.15 bits per heavy atom. The molecule has 0 bridgehead atoms. The number of carbonyl (C=O) groups excluding carboxylic acids is 1. The van der Waals surface area contributed by atoms with Gasteiger partial charge in [-0.3, -0.25) is 4.79 Å². The van der Waals surface area contributed by atoms with Gasteiger partial charge in [-0.15, -0.1) is 5.10 Å². The third-order valence-corrected chi connectivity index (χ3v) is 6.03. The third-order valence-electron chi connectivity index (χ3n) is 3.85. The molecule has 27 heavy (non-hydrogen) atoms. The summed E-state index contributed by atoms with van der Waals surface area (Å²) in [6, 6.07) is 14.4. The Morgan fingerprint density at radius 2 is 1.93 bits per heavy atom. The highest BCUT2D eigenvalue weighted by Gasteiger charge is 2.07. The summed E-state index contributed by atoms with van der Waals surface area (Å²) in [6.07, 6.45) is 0.399. The fraction of sp³-hybridized carbons (Fsp3) is 0.263. The van der Waals surface area contributed by atoms with Crippen LogP contribution < -0.4 is 5.32 Å². The maximum absolute atomic E-state index is 12.1. The largest absolute Gasteiger partial charge is 0.326 e. The van der Waals surface area contributed by atoms with E-state index in [2.05, 4.69) is 52.9 Å². The lowest BCUT2D eigenvalue weighted by molar-refractivity contribution is -0.115. The second-order valence-electron chi connectivity index (χ2n) is 6.13. The van der Waals surface area contributed by atoms with Crippen LogP contribution in [-0.2, 0) is 11.8 Å². The molecular weight excluding hydrogens is 378 g/mol. The van der Waals surface area contributed by atoms with Gasteiger partial charge < -0.3 is 5.32 Å². The molecular formula is C19H21N5OS2. The van der Waals surface area contributed by atoms with Crippen molar-refractivity contribution in [3.63, 3.8) is 0 Å². The first-order valence-electron chi connectivity index (χ1n) is 8.51. The molecule has 0 saturated carbocycles. The van der Waals surface area contributed by atoms with Gasteiger partial charge in [-0.2, -0.15) is 0 Å². The molecule has 0 spiro atoms. The summed E-state index contributed by atoms with van der Waals surface area (Å²) in [6.45, 7) is 4.22. The predicted octanol–water partition coefficient (Wildman–Crippen LogP) is 4.10. The number of nitrogens with zero attached hydrogens (tertiary/aromatic N) is 4. The minimum atomic E-state index is -0.0208. The normalized spacial score (nSPS) is 10.8. The van der Waals surface area contributed by atoms with Crippen LogP contribution in [0.1, 0.15) is 17.5 Å². The summed E-state index contributed by atoms with van der Waals surface area (Å²) in [4.78, 5) is 14.5. The van der Waals surface area contributed by atoms with E-state index in [-0.39, 0.29) is 5.91 Å². The van der Waals surface area contributed by atoms with Gasteiger partial charge in [-0.1, -0.05) is 35.7 Å². The summed E-state index contributed by atoms with van der Waals surface area (Å²) < 4.78 is 1.59. The lowest BCUT2D eigenvalue weighted by Gasteiger charge is -2.08. The summed E-state index contributed by atoms with van der Waals surface area (Å²) in [5, 5.41) is 14.9. The Balaban J connectivity index is 1.50. The van der Waals surface area contributed by atoms with Crippen LogP contribution in [-0.4, -0.2) is 31.9 Å². The molecule has 0 atom stereocenters. The molecule has 0 saturated heterocycles. The molecule has 0 aliphatic rings. The van der Waals surface area contributed by atoms with Crippen molar-refractivity contribution in [1.82, 2.24) is 20.2 Å². The van der Waals surface area contributed by atoms with E-state index >= 15 is 0 Å². The highest BCUT2D eigenvalue weighted by Crippen LogP contribution is 2.31. The van der Waals surface area contributed by atoms with E-state index in [0.717, 1.165) is 10.6 Å². The van der Waals surface area contributed by atoms with Crippen LogP contribution in [0.25, 0.3) is 0 Å². The fourth-order valence-electron chi connectivity index (χ4n) is 2.35. The van der Waals surface area contributed by atoms with E-state index < -0.39 is 0 Å².